The van der Waals surface area contributed by atoms with E-state index in [9.17, 15) is 4.79 Å². The first-order valence-corrected chi connectivity index (χ1v) is 8.36. The van der Waals surface area contributed by atoms with Crippen molar-refractivity contribution in [2.45, 2.75) is 43.5 Å². The van der Waals surface area contributed by atoms with E-state index in [1.807, 2.05) is 11.8 Å². The number of rotatable bonds is 5. The molecule has 2 N–H and O–H groups in total. The molecule has 7 heteroatoms. The van der Waals surface area contributed by atoms with E-state index in [4.69, 9.17) is 0 Å². The molecule has 6 nitrogen and oxygen atoms in total. The quantitative estimate of drug-likeness (QED) is 0.842. The maximum Gasteiger partial charge on any atom is 0.273 e. The van der Waals surface area contributed by atoms with Crippen LogP contribution in [0.5, 0.6) is 0 Å². The second-order valence-electron chi connectivity index (χ2n) is 5.46. The summed E-state index contributed by atoms with van der Waals surface area (Å²) in [6.45, 7) is 4.00. The minimum atomic E-state index is -0.0873. The lowest BCUT2D eigenvalue weighted by Gasteiger charge is -2.26. The van der Waals surface area contributed by atoms with E-state index in [-0.39, 0.29) is 5.91 Å². The van der Waals surface area contributed by atoms with Crippen LogP contribution in [0, 0.1) is 0 Å². The standard InChI is InChI=1S/C13H21N5OS/c1-2-20-11-4-3-9(5-11)15-13(19)12-8-18(17-16-12)10-6-14-7-10/h8-11,14H,2-7H2,1H3,(H,15,19). The number of hydrogen-bond acceptors (Lipinski definition) is 5. The molecular formula is C13H21N5OS. The third-order valence-electron chi connectivity index (χ3n) is 4.00. The van der Waals surface area contributed by atoms with Crippen LogP contribution in [0.15, 0.2) is 6.20 Å². The highest BCUT2D eigenvalue weighted by Crippen LogP contribution is 2.29. The minimum Gasteiger partial charge on any atom is -0.348 e. The van der Waals surface area contributed by atoms with E-state index >= 15 is 0 Å². The number of carbonyl (C=O) groups excluding carboxylic acids is 1. The van der Waals surface area contributed by atoms with Gasteiger partial charge in [0.25, 0.3) is 5.91 Å². The van der Waals surface area contributed by atoms with Crippen LogP contribution in [0.1, 0.15) is 42.7 Å². The van der Waals surface area contributed by atoms with Crippen LogP contribution < -0.4 is 10.6 Å². The Morgan fingerprint density at radius 3 is 3.10 bits per heavy atom. The number of thioether (sulfide) groups is 1. The predicted octanol–water partition coefficient (Wildman–Crippen LogP) is 0.826. The first kappa shape index (κ1) is 13.9. The molecule has 0 spiro atoms. The summed E-state index contributed by atoms with van der Waals surface area (Å²) in [5, 5.41) is 15.0. The Morgan fingerprint density at radius 2 is 2.40 bits per heavy atom. The largest absolute Gasteiger partial charge is 0.348 e. The average Bonchev–Trinajstić information content (AvgIpc) is 2.97. The van der Waals surface area contributed by atoms with Crippen LogP contribution in [0.2, 0.25) is 0 Å². The number of hydrogen-bond donors (Lipinski definition) is 2. The van der Waals surface area contributed by atoms with Crippen molar-refractivity contribution in [3.63, 3.8) is 0 Å². The van der Waals surface area contributed by atoms with Gasteiger partial charge in [0.1, 0.15) is 0 Å². The van der Waals surface area contributed by atoms with Gasteiger partial charge in [0.2, 0.25) is 0 Å². The predicted molar refractivity (Wildman–Crippen MR) is 79.0 cm³/mol. The van der Waals surface area contributed by atoms with Gasteiger partial charge in [-0.2, -0.15) is 11.8 Å². The first-order chi connectivity index (χ1) is 9.76. The van der Waals surface area contributed by atoms with Crippen LogP contribution in [-0.2, 0) is 0 Å². The van der Waals surface area contributed by atoms with Gasteiger partial charge >= 0.3 is 0 Å². The van der Waals surface area contributed by atoms with Gasteiger partial charge in [0.15, 0.2) is 5.69 Å². The lowest BCUT2D eigenvalue weighted by molar-refractivity contribution is 0.0933. The second-order valence-corrected chi connectivity index (χ2v) is 7.03. The van der Waals surface area contributed by atoms with Gasteiger partial charge in [0, 0.05) is 24.4 Å². The summed E-state index contributed by atoms with van der Waals surface area (Å²) >= 11 is 1.99. The molecule has 0 radical (unpaired) electrons. The topological polar surface area (TPSA) is 71.8 Å². The van der Waals surface area contributed by atoms with E-state index in [2.05, 4.69) is 27.9 Å². The van der Waals surface area contributed by atoms with Gasteiger partial charge < -0.3 is 10.6 Å². The molecular weight excluding hydrogens is 274 g/mol. The van der Waals surface area contributed by atoms with Crippen LogP contribution >= 0.6 is 11.8 Å². The zero-order valence-corrected chi connectivity index (χ0v) is 12.5. The van der Waals surface area contributed by atoms with Gasteiger partial charge in [-0.15, -0.1) is 5.10 Å². The Bertz CT molecular complexity index is 473. The number of aromatic nitrogens is 3. The maximum absolute atomic E-state index is 12.2. The van der Waals surface area contributed by atoms with Crippen LogP contribution in [0.3, 0.4) is 0 Å². The Kier molecular flexibility index (Phi) is 4.26. The number of nitrogens with zero attached hydrogens (tertiary/aromatic N) is 3. The zero-order valence-electron chi connectivity index (χ0n) is 11.7. The van der Waals surface area contributed by atoms with Crippen molar-refractivity contribution in [3.8, 4) is 0 Å². The average molecular weight is 295 g/mol. The maximum atomic E-state index is 12.2. The molecule has 1 amide bonds. The molecule has 2 unspecified atom stereocenters. The number of carbonyl (C=O) groups is 1. The molecule has 1 saturated carbocycles. The van der Waals surface area contributed by atoms with Crippen LogP contribution in [0.25, 0.3) is 0 Å². The summed E-state index contributed by atoms with van der Waals surface area (Å²) in [6, 6.07) is 0.642. The molecule has 2 atom stereocenters. The minimum absolute atomic E-state index is 0.0873. The summed E-state index contributed by atoms with van der Waals surface area (Å²) in [5.74, 6) is 1.06. The van der Waals surface area contributed by atoms with Crippen molar-refractivity contribution < 1.29 is 4.79 Å². The van der Waals surface area contributed by atoms with Gasteiger partial charge in [-0.25, -0.2) is 4.68 Å². The van der Waals surface area contributed by atoms with Crippen molar-refractivity contribution in [2.24, 2.45) is 0 Å². The van der Waals surface area contributed by atoms with Crippen molar-refractivity contribution in [2.75, 3.05) is 18.8 Å². The molecule has 2 heterocycles. The van der Waals surface area contributed by atoms with Gasteiger partial charge in [-0.3, -0.25) is 4.79 Å². The van der Waals surface area contributed by atoms with Gasteiger partial charge in [-0.05, 0) is 25.0 Å². The van der Waals surface area contributed by atoms with E-state index in [1.165, 1.54) is 6.42 Å². The van der Waals surface area contributed by atoms with E-state index in [0.717, 1.165) is 31.7 Å². The molecule has 1 saturated heterocycles. The van der Waals surface area contributed by atoms with Crippen molar-refractivity contribution in [3.05, 3.63) is 11.9 Å². The summed E-state index contributed by atoms with van der Waals surface area (Å²) in [7, 11) is 0. The zero-order chi connectivity index (χ0) is 13.9. The Balaban J connectivity index is 1.52. The molecule has 0 aromatic carbocycles. The van der Waals surface area contributed by atoms with Crippen molar-refractivity contribution in [1.82, 2.24) is 25.6 Å². The number of nitrogens with one attached hydrogen (secondary N) is 2. The third-order valence-corrected chi connectivity index (χ3v) is 5.23. The molecule has 1 aliphatic carbocycles. The van der Waals surface area contributed by atoms with E-state index in [1.54, 1.807) is 10.9 Å². The van der Waals surface area contributed by atoms with Gasteiger partial charge in [0.05, 0.1) is 12.2 Å². The summed E-state index contributed by atoms with van der Waals surface area (Å²) in [6.07, 6.45) is 5.10. The fraction of sp³-hybridized carbons (Fsp3) is 0.769. The fourth-order valence-corrected chi connectivity index (χ4v) is 3.88. The van der Waals surface area contributed by atoms with Gasteiger partial charge in [-0.1, -0.05) is 12.1 Å². The SMILES string of the molecule is CCSC1CCC(NC(=O)c2cn(C3CNC3)nn2)C1. The molecule has 2 fully saturated rings. The molecule has 3 rings (SSSR count). The summed E-state index contributed by atoms with van der Waals surface area (Å²) in [4.78, 5) is 12.2. The van der Waals surface area contributed by atoms with E-state index < -0.39 is 0 Å². The molecule has 110 valence electrons. The number of amides is 1. The molecule has 1 aromatic heterocycles. The summed E-state index contributed by atoms with van der Waals surface area (Å²) in [5.41, 5.74) is 0.434. The molecule has 20 heavy (non-hydrogen) atoms. The molecule has 2 aliphatic rings. The van der Waals surface area contributed by atoms with Crippen LogP contribution in [0.4, 0.5) is 0 Å². The molecule has 0 bridgehead atoms. The third kappa shape index (κ3) is 2.98. The van der Waals surface area contributed by atoms with Crippen molar-refractivity contribution in [1.29, 1.82) is 0 Å². The second kappa shape index (κ2) is 6.13. The normalized spacial score (nSPS) is 26.4. The lowest BCUT2D eigenvalue weighted by Crippen LogP contribution is -2.43. The Labute approximate surface area is 123 Å². The Morgan fingerprint density at radius 1 is 1.55 bits per heavy atom. The molecule has 1 aromatic rings. The molecule has 1 aliphatic heterocycles. The Hall–Kier alpha value is -1.08. The van der Waals surface area contributed by atoms with Crippen molar-refractivity contribution >= 4 is 17.7 Å². The highest BCUT2D eigenvalue weighted by Gasteiger charge is 2.27. The lowest BCUT2D eigenvalue weighted by atomic mass is 10.2. The highest BCUT2D eigenvalue weighted by atomic mass is 32.2. The van der Waals surface area contributed by atoms with E-state index in [0.29, 0.717) is 23.0 Å². The highest BCUT2D eigenvalue weighted by molar-refractivity contribution is 7.99. The smallest absolute Gasteiger partial charge is 0.273 e. The first-order valence-electron chi connectivity index (χ1n) is 7.31. The fourth-order valence-electron chi connectivity index (χ4n) is 2.74. The monoisotopic (exact) mass is 295 g/mol. The van der Waals surface area contributed by atoms with Crippen LogP contribution in [-0.4, -0.2) is 51.0 Å². The summed E-state index contributed by atoms with van der Waals surface area (Å²) < 4.78 is 1.79.